The quantitative estimate of drug-likeness (QED) is 0.226. The van der Waals surface area contributed by atoms with E-state index in [1.54, 1.807) is 10.9 Å². The number of aryl methyl sites for hydroxylation is 1. The van der Waals surface area contributed by atoms with Crippen molar-refractivity contribution in [3.05, 3.63) is 39.4 Å². The third-order valence-corrected chi connectivity index (χ3v) is 5.08. The minimum absolute atomic E-state index is 0.477. The molecule has 1 heterocycles. The van der Waals surface area contributed by atoms with Crippen LogP contribution >= 0.6 is 23.8 Å². The zero-order valence-corrected chi connectivity index (χ0v) is 18.5. The summed E-state index contributed by atoms with van der Waals surface area (Å²) in [4.78, 5) is 0. The van der Waals surface area contributed by atoms with Gasteiger partial charge in [-0.2, -0.15) is 14.9 Å². The zero-order chi connectivity index (χ0) is 20.2. The average Bonchev–Trinajstić information content (AvgIpc) is 3.03. The van der Waals surface area contributed by atoms with Crippen molar-refractivity contribution in [1.29, 1.82) is 0 Å². The van der Waals surface area contributed by atoms with Crippen LogP contribution in [-0.4, -0.2) is 27.7 Å². The molecule has 1 N–H and O–H groups in total. The Kier molecular flexibility index (Phi) is 10.3. The molecular formula is C21H31ClN4OS. The molecule has 0 spiro atoms. The number of ether oxygens (including phenoxy) is 1. The maximum atomic E-state index is 6.39. The molecule has 2 rings (SSSR count). The standard InChI is InChI=1S/C21H31ClN4OS/c1-3-5-6-7-8-9-10-14-27-18-13-12-17(19(22)15-18)16-23-26-20(11-4-2)24-25-21(26)28/h12-13,15-16H,3-11,14H2,1-2H3,(H,25,28)/b23-16-. The van der Waals surface area contributed by atoms with Gasteiger partial charge in [0.05, 0.1) is 17.8 Å². The first-order valence-electron chi connectivity index (χ1n) is 10.3. The molecule has 0 bridgehead atoms. The number of unbranched alkanes of at least 4 members (excludes halogenated alkanes) is 6. The van der Waals surface area contributed by atoms with Crippen molar-refractivity contribution in [2.24, 2.45) is 5.10 Å². The van der Waals surface area contributed by atoms with Crippen LogP contribution in [-0.2, 0) is 6.42 Å². The van der Waals surface area contributed by atoms with Gasteiger partial charge in [-0.15, -0.1) is 0 Å². The molecule has 7 heteroatoms. The molecule has 28 heavy (non-hydrogen) atoms. The lowest BCUT2D eigenvalue weighted by Gasteiger charge is -2.08. The monoisotopic (exact) mass is 422 g/mol. The van der Waals surface area contributed by atoms with Gasteiger partial charge in [0, 0.05) is 12.0 Å². The smallest absolute Gasteiger partial charge is 0.216 e. The molecule has 0 saturated carbocycles. The van der Waals surface area contributed by atoms with Crippen molar-refractivity contribution in [2.45, 2.75) is 71.6 Å². The summed E-state index contributed by atoms with van der Waals surface area (Å²) in [6.45, 7) is 5.06. The van der Waals surface area contributed by atoms with E-state index in [1.807, 2.05) is 18.2 Å². The number of H-pyrrole nitrogens is 1. The Bertz CT molecular complexity index is 800. The van der Waals surface area contributed by atoms with Crippen LogP contribution in [0.1, 0.15) is 76.6 Å². The third kappa shape index (κ3) is 7.40. The average molecular weight is 423 g/mol. The van der Waals surface area contributed by atoms with E-state index in [0.29, 0.717) is 9.79 Å². The molecule has 0 aliphatic heterocycles. The Morgan fingerprint density at radius 3 is 2.61 bits per heavy atom. The highest BCUT2D eigenvalue weighted by Gasteiger charge is 2.05. The molecule has 154 valence electrons. The highest BCUT2D eigenvalue weighted by Crippen LogP contribution is 2.22. The van der Waals surface area contributed by atoms with Gasteiger partial charge in [0.25, 0.3) is 0 Å². The number of hydrogen-bond donors (Lipinski definition) is 1. The Balaban J connectivity index is 1.84. The summed E-state index contributed by atoms with van der Waals surface area (Å²) in [7, 11) is 0. The van der Waals surface area contributed by atoms with E-state index in [0.717, 1.165) is 43.0 Å². The number of rotatable bonds is 13. The normalized spacial score (nSPS) is 11.4. The van der Waals surface area contributed by atoms with Crippen LogP contribution < -0.4 is 4.74 Å². The van der Waals surface area contributed by atoms with E-state index in [-0.39, 0.29) is 0 Å². The first-order chi connectivity index (χ1) is 13.7. The summed E-state index contributed by atoms with van der Waals surface area (Å²) in [5.41, 5.74) is 0.815. The summed E-state index contributed by atoms with van der Waals surface area (Å²) in [5.74, 6) is 1.61. The van der Waals surface area contributed by atoms with E-state index in [2.05, 4.69) is 29.1 Å². The van der Waals surface area contributed by atoms with Crippen LogP contribution in [0.15, 0.2) is 23.3 Å². The second kappa shape index (κ2) is 12.7. The summed E-state index contributed by atoms with van der Waals surface area (Å²) >= 11 is 11.6. The summed E-state index contributed by atoms with van der Waals surface area (Å²) < 4.78 is 7.94. The number of nitrogens with one attached hydrogen (secondary N) is 1. The maximum Gasteiger partial charge on any atom is 0.216 e. The second-order valence-corrected chi connectivity index (χ2v) is 7.70. The molecule has 1 aromatic heterocycles. The summed E-state index contributed by atoms with van der Waals surface area (Å²) in [5, 5.41) is 12.0. The third-order valence-electron chi connectivity index (χ3n) is 4.49. The van der Waals surface area contributed by atoms with Crippen molar-refractivity contribution in [3.8, 4) is 5.75 Å². The lowest BCUT2D eigenvalue weighted by Crippen LogP contribution is -2.00. The number of nitrogens with zero attached hydrogens (tertiary/aromatic N) is 3. The van der Waals surface area contributed by atoms with Crippen LogP contribution in [0.25, 0.3) is 0 Å². The molecule has 0 fully saturated rings. The van der Waals surface area contributed by atoms with Gasteiger partial charge in [-0.3, -0.25) is 5.10 Å². The van der Waals surface area contributed by atoms with E-state index in [1.165, 1.54) is 38.5 Å². The molecule has 5 nitrogen and oxygen atoms in total. The van der Waals surface area contributed by atoms with Gasteiger partial charge in [0.2, 0.25) is 4.77 Å². The number of benzene rings is 1. The van der Waals surface area contributed by atoms with Crippen molar-refractivity contribution < 1.29 is 4.74 Å². The maximum absolute atomic E-state index is 6.39. The fourth-order valence-corrected chi connectivity index (χ4v) is 3.32. The van der Waals surface area contributed by atoms with Crippen molar-refractivity contribution in [1.82, 2.24) is 14.9 Å². The van der Waals surface area contributed by atoms with Crippen LogP contribution in [0.2, 0.25) is 5.02 Å². The predicted octanol–water partition coefficient (Wildman–Crippen LogP) is 6.56. The van der Waals surface area contributed by atoms with Gasteiger partial charge in [0.15, 0.2) is 5.82 Å². The Morgan fingerprint density at radius 2 is 1.89 bits per heavy atom. The second-order valence-electron chi connectivity index (χ2n) is 6.90. The first-order valence-corrected chi connectivity index (χ1v) is 11.1. The van der Waals surface area contributed by atoms with Crippen molar-refractivity contribution in [3.63, 3.8) is 0 Å². The molecule has 2 aromatic rings. The fourth-order valence-electron chi connectivity index (χ4n) is 2.90. The van der Waals surface area contributed by atoms with E-state index < -0.39 is 0 Å². The van der Waals surface area contributed by atoms with Crippen molar-refractivity contribution in [2.75, 3.05) is 6.61 Å². The Morgan fingerprint density at radius 1 is 1.14 bits per heavy atom. The molecule has 0 unspecified atom stereocenters. The van der Waals surface area contributed by atoms with Gasteiger partial charge in [-0.05, 0) is 43.3 Å². The largest absolute Gasteiger partial charge is 0.494 e. The van der Waals surface area contributed by atoms with Gasteiger partial charge < -0.3 is 4.74 Å². The molecule has 1 aromatic carbocycles. The van der Waals surface area contributed by atoms with Gasteiger partial charge in [0.1, 0.15) is 5.75 Å². The van der Waals surface area contributed by atoms with Crippen LogP contribution in [0.4, 0.5) is 0 Å². The minimum atomic E-state index is 0.477. The van der Waals surface area contributed by atoms with Crippen LogP contribution in [0, 0.1) is 4.77 Å². The molecule has 0 atom stereocenters. The molecule has 0 radical (unpaired) electrons. The first kappa shape index (κ1) is 22.6. The Labute approximate surface area is 178 Å². The highest BCUT2D eigenvalue weighted by molar-refractivity contribution is 7.71. The van der Waals surface area contributed by atoms with Gasteiger partial charge in [-0.25, -0.2) is 0 Å². The van der Waals surface area contributed by atoms with Crippen LogP contribution in [0.3, 0.4) is 0 Å². The topological polar surface area (TPSA) is 55.2 Å². The fraction of sp³-hybridized carbons (Fsp3) is 0.571. The van der Waals surface area contributed by atoms with Crippen LogP contribution in [0.5, 0.6) is 5.75 Å². The summed E-state index contributed by atoms with van der Waals surface area (Å²) in [6, 6.07) is 5.68. The van der Waals surface area contributed by atoms with Crippen molar-refractivity contribution >= 4 is 30.0 Å². The SMILES string of the molecule is CCCCCCCCCOc1ccc(/C=N\n2c(CCC)n[nH]c2=S)c(Cl)c1. The lowest BCUT2D eigenvalue weighted by molar-refractivity contribution is 0.304. The molecule has 0 aliphatic carbocycles. The highest BCUT2D eigenvalue weighted by atomic mass is 35.5. The molecule has 0 amide bonds. The predicted molar refractivity (Wildman–Crippen MR) is 119 cm³/mol. The lowest BCUT2D eigenvalue weighted by atomic mass is 10.1. The molecule has 0 saturated heterocycles. The van der Waals surface area contributed by atoms with E-state index in [4.69, 9.17) is 28.6 Å². The van der Waals surface area contributed by atoms with Gasteiger partial charge >= 0.3 is 0 Å². The molecular weight excluding hydrogens is 392 g/mol. The van der Waals surface area contributed by atoms with E-state index in [9.17, 15) is 0 Å². The minimum Gasteiger partial charge on any atom is -0.494 e. The zero-order valence-electron chi connectivity index (χ0n) is 16.9. The van der Waals surface area contributed by atoms with Gasteiger partial charge in [-0.1, -0.05) is 64.0 Å². The Hall–Kier alpha value is -1.66. The number of halogens is 1. The molecule has 0 aliphatic rings. The number of aromatic nitrogens is 3. The number of hydrogen-bond acceptors (Lipinski definition) is 4. The number of aromatic amines is 1. The summed E-state index contributed by atoms with van der Waals surface area (Å²) in [6.07, 6.45) is 12.4. The van der Waals surface area contributed by atoms with E-state index >= 15 is 0 Å².